The number of nitrogens with zero attached hydrogens (tertiary/aromatic N) is 1. The first-order valence-corrected chi connectivity index (χ1v) is 6.98. The van der Waals surface area contributed by atoms with Gasteiger partial charge in [0, 0.05) is 18.3 Å². The largest absolute Gasteiger partial charge is 0.396 e. The van der Waals surface area contributed by atoms with Gasteiger partial charge in [0.25, 0.3) is 0 Å². The zero-order valence-corrected chi connectivity index (χ0v) is 11.1. The number of nitrogens with two attached hydrogens (primary N) is 1. The predicted octanol–water partition coefficient (Wildman–Crippen LogP) is 1.26. The van der Waals surface area contributed by atoms with Gasteiger partial charge in [-0.05, 0) is 12.1 Å². The van der Waals surface area contributed by atoms with Crippen LogP contribution in [0, 0.1) is 5.82 Å². The number of H-pyrrole nitrogens is 1. The number of sulfonamides is 1. The molecular weight excluding hydrogens is 295 g/mol. The molecule has 0 amide bonds. The van der Waals surface area contributed by atoms with Crippen molar-refractivity contribution < 1.29 is 12.8 Å². The molecule has 0 bridgehead atoms. The third kappa shape index (κ3) is 3.03. The van der Waals surface area contributed by atoms with Crippen molar-refractivity contribution in [2.24, 2.45) is 0 Å². The Morgan fingerprint density at radius 2 is 2.21 bits per heavy atom. The lowest BCUT2D eigenvalue weighted by molar-refractivity contribution is 0.580. The summed E-state index contributed by atoms with van der Waals surface area (Å²) in [5, 5.41) is 6.01. The summed E-state index contributed by atoms with van der Waals surface area (Å²) in [6, 6.07) is 1.85. The molecule has 6 nitrogen and oxygen atoms in total. The molecule has 9 heteroatoms. The number of hydrogen-bond acceptors (Lipinski definition) is 4. The lowest BCUT2D eigenvalue weighted by atomic mass is 10.3. The van der Waals surface area contributed by atoms with Crippen molar-refractivity contribution in [2.45, 2.75) is 11.4 Å². The third-order valence-corrected chi connectivity index (χ3v) is 4.23. The van der Waals surface area contributed by atoms with Gasteiger partial charge in [-0.15, -0.1) is 0 Å². The van der Waals surface area contributed by atoms with Crippen LogP contribution in [0.5, 0.6) is 0 Å². The molecule has 19 heavy (non-hydrogen) atoms. The van der Waals surface area contributed by atoms with Gasteiger partial charge in [0.15, 0.2) is 0 Å². The lowest BCUT2D eigenvalue weighted by Gasteiger charge is -2.08. The molecule has 0 radical (unpaired) electrons. The van der Waals surface area contributed by atoms with Gasteiger partial charge in [-0.3, -0.25) is 5.10 Å². The number of hydrogen-bond donors (Lipinski definition) is 3. The number of aromatic nitrogens is 2. The van der Waals surface area contributed by atoms with Crippen molar-refractivity contribution in [3.8, 4) is 0 Å². The van der Waals surface area contributed by atoms with Crippen molar-refractivity contribution in [2.75, 3.05) is 5.73 Å². The van der Waals surface area contributed by atoms with Gasteiger partial charge in [-0.25, -0.2) is 17.5 Å². The number of aromatic amines is 1. The predicted molar refractivity (Wildman–Crippen MR) is 68.4 cm³/mol. The summed E-state index contributed by atoms with van der Waals surface area (Å²) in [5.41, 5.74) is 5.70. The van der Waals surface area contributed by atoms with Crippen LogP contribution < -0.4 is 10.5 Å². The van der Waals surface area contributed by atoms with E-state index in [0.29, 0.717) is 5.56 Å². The van der Waals surface area contributed by atoms with Crippen LogP contribution in [0.4, 0.5) is 10.1 Å². The monoisotopic (exact) mass is 304 g/mol. The molecule has 2 rings (SSSR count). The van der Waals surface area contributed by atoms with Crippen LogP contribution in [0.15, 0.2) is 29.4 Å². The van der Waals surface area contributed by atoms with E-state index in [1.807, 2.05) is 0 Å². The molecule has 0 aliphatic carbocycles. The number of halogens is 2. The minimum atomic E-state index is -3.88. The molecule has 0 spiro atoms. The molecule has 1 heterocycles. The van der Waals surface area contributed by atoms with Crippen LogP contribution in [0.25, 0.3) is 0 Å². The highest BCUT2D eigenvalue weighted by Gasteiger charge is 2.19. The number of benzene rings is 1. The summed E-state index contributed by atoms with van der Waals surface area (Å²) in [6.45, 7) is 0.0342. The first kappa shape index (κ1) is 13.8. The minimum absolute atomic E-state index is 0.0342. The summed E-state index contributed by atoms with van der Waals surface area (Å²) in [7, 11) is -3.88. The van der Waals surface area contributed by atoms with Crippen LogP contribution in [0.1, 0.15) is 5.56 Å². The van der Waals surface area contributed by atoms with Gasteiger partial charge in [0.1, 0.15) is 10.7 Å². The Morgan fingerprint density at radius 3 is 2.84 bits per heavy atom. The maximum absolute atomic E-state index is 13.1. The summed E-state index contributed by atoms with van der Waals surface area (Å²) < 4.78 is 39.4. The average molecular weight is 305 g/mol. The van der Waals surface area contributed by atoms with Gasteiger partial charge in [0.05, 0.1) is 16.9 Å². The van der Waals surface area contributed by atoms with Crippen LogP contribution in [0.2, 0.25) is 5.02 Å². The Labute approximate surface area is 113 Å². The summed E-state index contributed by atoms with van der Waals surface area (Å²) >= 11 is 5.71. The highest BCUT2D eigenvalue weighted by atomic mass is 35.5. The second-order valence-electron chi connectivity index (χ2n) is 3.74. The van der Waals surface area contributed by atoms with Gasteiger partial charge in [-0.2, -0.15) is 5.10 Å². The van der Waals surface area contributed by atoms with E-state index in [0.717, 1.165) is 12.1 Å². The number of nitrogen functional groups attached to an aromatic ring is 1. The maximum atomic E-state index is 13.1. The Bertz CT molecular complexity index is 688. The standard InChI is InChI=1S/C10H10ClFN4O2S/c11-7-1-8(12)9(13)2-10(7)19(17,18)16-5-6-3-14-15-4-6/h1-4,16H,5,13H2,(H,14,15). The first-order valence-electron chi connectivity index (χ1n) is 5.12. The highest BCUT2D eigenvalue weighted by molar-refractivity contribution is 7.89. The molecule has 0 atom stereocenters. The smallest absolute Gasteiger partial charge is 0.242 e. The summed E-state index contributed by atoms with van der Waals surface area (Å²) in [5.74, 6) is -0.765. The van der Waals surface area contributed by atoms with Crippen molar-refractivity contribution in [3.05, 3.63) is 40.9 Å². The van der Waals surface area contributed by atoms with Gasteiger partial charge in [-0.1, -0.05) is 11.6 Å². The van der Waals surface area contributed by atoms with Crippen molar-refractivity contribution in [1.29, 1.82) is 0 Å². The van der Waals surface area contributed by atoms with E-state index in [-0.39, 0.29) is 22.2 Å². The van der Waals surface area contributed by atoms with E-state index in [2.05, 4.69) is 14.9 Å². The Morgan fingerprint density at radius 1 is 1.47 bits per heavy atom. The second-order valence-corrected chi connectivity index (χ2v) is 5.88. The van der Waals surface area contributed by atoms with Crippen molar-refractivity contribution in [1.82, 2.24) is 14.9 Å². The molecular formula is C10H10ClFN4O2S. The molecule has 0 saturated heterocycles. The molecule has 2 aromatic rings. The highest BCUT2D eigenvalue weighted by Crippen LogP contribution is 2.26. The fraction of sp³-hybridized carbons (Fsp3) is 0.100. The fourth-order valence-electron chi connectivity index (χ4n) is 1.38. The van der Waals surface area contributed by atoms with Crippen LogP contribution in [-0.2, 0) is 16.6 Å². The number of anilines is 1. The first-order chi connectivity index (χ1) is 8.90. The van der Waals surface area contributed by atoms with E-state index in [1.165, 1.54) is 6.20 Å². The topological polar surface area (TPSA) is 101 Å². The molecule has 102 valence electrons. The zero-order valence-electron chi connectivity index (χ0n) is 9.52. The maximum Gasteiger partial charge on any atom is 0.242 e. The quantitative estimate of drug-likeness (QED) is 0.740. The molecule has 0 unspecified atom stereocenters. The lowest BCUT2D eigenvalue weighted by Crippen LogP contribution is -2.23. The van der Waals surface area contributed by atoms with E-state index >= 15 is 0 Å². The average Bonchev–Trinajstić information content (AvgIpc) is 2.84. The fourth-order valence-corrected chi connectivity index (χ4v) is 2.95. The molecule has 0 aliphatic heterocycles. The molecule has 0 saturated carbocycles. The second kappa shape index (κ2) is 5.16. The molecule has 0 aliphatic rings. The van der Waals surface area contributed by atoms with E-state index in [1.54, 1.807) is 6.20 Å². The SMILES string of the molecule is Nc1cc(S(=O)(=O)NCc2cn[nH]c2)c(Cl)cc1F. The molecule has 0 fully saturated rings. The van der Waals surface area contributed by atoms with E-state index in [9.17, 15) is 12.8 Å². The summed E-state index contributed by atoms with van der Waals surface area (Å²) in [6.07, 6.45) is 3.02. The van der Waals surface area contributed by atoms with Gasteiger partial charge < -0.3 is 5.73 Å². The van der Waals surface area contributed by atoms with Crippen molar-refractivity contribution in [3.63, 3.8) is 0 Å². The van der Waals surface area contributed by atoms with E-state index in [4.69, 9.17) is 17.3 Å². The zero-order chi connectivity index (χ0) is 14.0. The minimum Gasteiger partial charge on any atom is -0.396 e. The normalized spacial score (nSPS) is 11.7. The van der Waals surface area contributed by atoms with E-state index < -0.39 is 15.8 Å². The summed E-state index contributed by atoms with van der Waals surface area (Å²) in [4.78, 5) is -0.267. The van der Waals surface area contributed by atoms with Crippen LogP contribution in [-0.4, -0.2) is 18.6 Å². The van der Waals surface area contributed by atoms with Gasteiger partial charge in [0.2, 0.25) is 10.0 Å². The molecule has 1 aromatic carbocycles. The van der Waals surface area contributed by atoms with Crippen LogP contribution in [0.3, 0.4) is 0 Å². The van der Waals surface area contributed by atoms with Crippen LogP contribution >= 0.6 is 11.6 Å². The van der Waals surface area contributed by atoms with Crippen molar-refractivity contribution >= 4 is 27.3 Å². The Balaban J connectivity index is 2.27. The Hall–Kier alpha value is -1.64. The Kier molecular flexibility index (Phi) is 3.74. The number of rotatable bonds is 4. The van der Waals surface area contributed by atoms with Gasteiger partial charge >= 0.3 is 0 Å². The molecule has 4 N–H and O–H groups in total. The molecule has 1 aromatic heterocycles. The number of nitrogens with one attached hydrogen (secondary N) is 2. The third-order valence-electron chi connectivity index (χ3n) is 2.36.